The summed E-state index contributed by atoms with van der Waals surface area (Å²) >= 11 is 3.06. The highest BCUT2D eigenvalue weighted by Crippen LogP contribution is 2.36. The van der Waals surface area contributed by atoms with Crippen molar-refractivity contribution in [2.75, 3.05) is 0 Å². The van der Waals surface area contributed by atoms with Gasteiger partial charge < -0.3 is 5.73 Å². The Morgan fingerprint density at radius 3 is 2.19 bits per heavy atom. The fourth-order valence-corrected chi connectivity index (χ4v) is 2.83. The Balaban J connectivity index is 2.31. The molecule has 0 bridgehead atoms. The van der Waals surface area contributed by atoms with E-state index in [1.54, 1.807) is 0 Å². The van der Waals surface area contributed by atoms with Gasteiger partial charge in [0.15, 0.2) is 0 Å². The molecule has 1 unspecified atom stereocenters. The van der Waals surface area contributed by atoms with Crippen LogP contribution >= 0.6 is 15.9 Å². The fourth-order valence-electron chi connectivity index (χ4n) is 2.42. The predicted octanol–water partition coefficient (Wildman–Crippen LogP) is 3.92. The van der Waals surface area contributed by atoms with Crippen LogP contribution in [0.2, 0.25) is 0 Å². The van der Waals surface area contributed by atoms with E-state index in [2.05, 4.69) is 15.9 Å². The zero-order valence-electron chi connectivity index (χ0n) is 8.85. The number of rotatable bonds is 2. The topological polar surface area (TPSA) is 26.0 Å². The van der Waals surface area contributed by atoms with Gasteiger partial charge in [0.2, 0.25) is 0 Å². The molecule has 0 aliphatic heterocycles. The summed E-state index contributed by atoms with van der Waals surface area (Å²) in [4.78, 5) is 0. The third-order valence-corrected chi connectivity index (χ3v) is 3.74. The Kier molecular flexibility index (Phi) is 3.60. The van der Waals surface area contributed by atoms with Crippen LogP contribution in [0.15, 0.2) is 16.6 Å². The standard InChI is InChI=1S/C12H14BrF2N/c13-8-5-9(14)11(10(15)6-8)12(16)7-3-1-2-4-7/h5-7,12H,1-4,16H2. The fraction of sp³-hybridized carbons (Fsp3) is 0.500. The second-order valence-corrected chi connectivity index (χ2v) is 5.27. The van der Waals surface area contributed by atoms with E-state index in [9.17, 15) is 8.78 Å². The molecule has 1 atom stereocenters. The van der Waals surface area contributed by atoms with Gasteiger partial charge in [-0.25, -0.2) is 8.78 Å². The van der Waals surface area contributed by atoms with Crippen molar-refractivity contribution in [2.45, 2.75) is 31.7 Å². The number of halogens is 3. The number of hydrogen-bond acceptors (Lipinski definition) is 1. The molecule has 2 N–H and O–H groups in total. The maximum absolute atomic E-state index is 13.7. The third-order valence-electron chi connectivity index (χ3n) is 3.28. The largest absolute Gasteiger partial charge is 0.324 e. The Morgan fingerprint density at radius 1 is 1.19 bits per heavy atom. The van der Waals surface area contributed by atoms with Gasteiger partial charge in [-0.1, -0.05) is 28.8 Å². The van der Waals surface area contributed by atoms with Crippen LogP contribution in [0.3, 0.4) is 0 Å². The van der Waals surface area contributed by atoms with Crippen molar-refractivity contribution in [3.8, 4) is 0 Å². The first-order valence-corrected chi connectivity index (χ1v) is 6.29. The first-order valence-electron chi connectivity index (χ1n) is 5.49. The zero-order valence-corrected chi connectivity index (χ0v) is 10.4. The molecule has 0 heterocycles. The Labute approximate surface area is 102 Å². The molecule has 0 spiro atoms. The molecule has 88 valence electrons. The summed E-state index contributed by atoms with van der Waals surface area (Å²) in [6.45, 7) is 0. The molecule has 1 fully saturated rings. The molecule has 0 amide bonds. The molecular weight excluding hydrogens is 276 g/mol. The van der Waals surface area contributed by atoms with E-state index in [-0.39, 0.29) is 11.5 Å². The first-order chi connectivity index (χ1) is 7.59. The lowest BCUT2D eigenvalue weighted by atomic mass is 9.92. The van der Waals surface area contributed by atoms with Crippen LogP contribution < -0.4 is 5.73 Å². The van der Waals surface area contributed by atoms with Crippen molar-refractivity contribution in [2.24, 2.45) is 11.7 Å². The molecule has 0 saturated heterocycles. The van der Waals surface area contributed by atoms with Gasteiger partial charge in [0.05, 0.1) is 0 Å². The monoisotopic (exact) mass is 289 g/mol. The number of nitrogens with two attached hydrogens (primary N) is 1. The van der Waals surface area contributed by atoms with E-state index in [1.807, 2.05) is 0 Å². The Bertz CT molecular complexity index is 366. The molecule has 1 nitrogen and oxygen atoms in total. The highest BCUT2D eigenvalue weighted by atomic mass is 79.9. The van der Waals surface area contributed by atoms with Crippen molar-refractivity contribution in [1.82, 2.24) is 0 Å². The zero-order chi connectivity index (χ0) is 11.7. The van der Waals surface area contributed by atoms with Crippen molar-refractivity contribution >= 4 is 15.9 Å². The van der Waals surface area contributed by atoms with Crippen LogP contribution in [0.1, 0.15) is 37.3 Å². The van der Waals surface area contributed by atoms with Gasteiger partial charge in [-0.15, -0.1) is 0 Å². The van der Waals surface area contributed by atoms with Crippen LogP contribution in [0.5, 0.6) is 0 Å². The highest BCUT2D eigenvalue weighted by Gasteiger charge is 2.27. The molecule has 1 aliphatic carbocycles. The summed E-state index contributed by atoms with van der Waals surface area (Å²) in [6, 6.07) is 2.02. The van der Waals surface area contributed by atoms with Crippen molar-refractivity contribution in [3.05, 3.63) is 33.8 Å². The minimum absolute atomic E-state index is 0.0371. The van der Waals surface area contributed by atoms with Crippen LogP contribution in [0, 0.1) is 17.6 Å². The van der Waals surface area contributed by atoms with Gasteiger partial charge in [-0.3, -0.25) is 0 Å². The van der Waals surface area contributed by atoms with E-state index in [0.717, 1.165) is 25.7 Å². The normalized spacial score (nSPS) is 19.0. The molecule has 0 aromatic heterocycles. The maximum Gasteiger partial charge on any atom is 0.132 e. The van der Waals surface area contributed by atoms with Crippen LogP contribution in [-0.2, 0) is 0 Å². The van der Waals surface area contributed by atoms with E-state index in [1.165, 1.54) is 12.1 Å². The quantitative estimate of drug-likeness (QED) is 0.877. The van der Waals surface area contributed by atoms with Crippen LogP contribution in [0.25, 0.3) is 0 Å². The first kappa shape index (κ1) is 12.0. The maximum atomic E-state index is 13.7. The third kappa shape index (κ3) is 2.28. The van der Waals surface area contributed by atoms with E-state index in [4.69, 9.17) is 5.73 Å². The van der Waals surface area contributed by atoms with Gasteiger partial charge in [-0.05, 0) is 30.9 Å². The van der Waals surface area contributed by atoms with Crippen molar-refractivity contribution < 1.29 is 8.78 Å². The van der Waals surface area contributed by atoms with Crippen LogP contribution in [-0.4, -0.2) is 0 Å². The minimum atomic E-state index is -0.550. The molecular formula is C12H14BrF2N. The van der Waals surface area contributed by atoms with Gasteiger partial charge >= 0.3 is 0 Å². The molecule has 4 heteroatoms. The predicted molar refractivity (Wildman–Crippen MR) is 62.9 cm³/mol. The lowest BCUT2D eigenvalue weighted by molar-refractivity contribution is 0.410. The van der Waals surface area contributed by atoms with Crippen molar-refractivity contribution in [1.29, 1.82) is 0 Å². The summed E-state index contributed by atoms with van der Waals surface area (Å²) in [5.41, 5.74) is 5.99. The van der Waals surface area contributed by atoms with Crippen molar-refractivity contribution in [3.63, 3.8) is 0 Å². The Hall–Kier alpha value is -0.480. The molecule has 0 radical (unpaired) electrons. The molecule has 2 rings (SSSR count). The van der Waals surface area contributed by atoms with E-state index < -0.39 is 17.7 Å². The van der Waals surface area contributed by atoms with Gasteiger partial charge in [0.1, 0.15) is 11.6 Å². The average Bonchev–Trinajstić information content (AvgIpc) is 2.67. The minimum Gasteiger partial charge on any atom is -0.324 e. The van der Waals surface area contributed by atoms with E-state index in [0.29, 0.717) is 4.47 Å². The van der Waals surface area contributed by atoms with Gasteiger partial charge in [0.25, 0.3) is 0 Å². The van der Waals surface area contributed by atoms with Crippen LogP contribution in [0.4, 0.5) is 8.78 Å². The second kappa shape index (κ2) is 4.80. The molecule has 16 heavy (non-hydrogen) atoms. The molecule has 1 aliphatic rings. The molecule has 1 aromatic carbocycles. The summed E-state index contributed by atoms with van der Waals surface area (Å²) in [5, 5.41) is 0. The SMILES string of the molecule is NC(c1c(F)cc(Br)cc1F)C1CCCC1. The van der Waals surface area contributed by atoms with E-state index >= 15 is 0 Å². The molecule has 1 aromatic rings. The average molecular weight is 290 g/mol. The summed E-state index contributed by atoms with van der Waals surface area (Å²) in [5.74, 6) is -0.886. The lowest BCUT2D eigenvalue weighted by Crippen LogP contribution is -2.21. The van der Waals surface area contributed by atoms with Gasteiger partial charge in [0, 0.05) is 16.1 Å². The second-order valence-electron chi connectivity index (χ2n) is 4.35. The summed E-state index contributed by atoms with van der Waals surface area (Å²) < 4.78 is 27.7. The number of benzene rings is 1. The van der Waals surface area contributed by atoms with Gasteiger partial charge in [-0.2, -0.15) is 0 Å². The highest BCUT2D eigenvalue weighted by molar-refractivity contribution is 9.10. The number of hydrogen-bond donors (Lipinski definition) is 1. The smallest absolute Gasteiger partial charge is 0.132 e. The lowest BCUT2D eigenvalue weighted by Gasteiger charge is -2.20. The summed E-state index contributed by atoms with van der Waals surface area (Å²) in [7, 11) is 0. The molecule has 1 saturated carbocycles. The summed E-state index contributed by atoms with van der Waals surface area (Å²) in [6.07, 6.45) is 4.16. The Morgan fingerprint density at radius 2 is 1.69 bits per heavy atom.